The Kier molecular flexibility index (Phi) is 6.74. The normalized spacial score (nSPS) is 23.4. The lowest BCUT2D eigenvalue weighted by molar-refractivity contribution is 0.397. The van der Waals surface area contributed by atoms with Crippen LogP contribution in [0.4, 0.5) is 0 Å². The largest absolute Gasteiger partial charge is 0.327 e. The average Bonchev–Trinajstić information content (AvgIpc) is 2.53. The molecule has 0 radical (unpaired) electrons. The van der Waals surface area contributed by atoms with Gasteiger partial charge in [0, 0.05) is 17.0 Å². The molecule has 0 amide bonds. The van der Waals surface area contributed by atoms with Gasteiger partial charge in [-0.05, 0) is 25.2 Å². The van der Waals surface area contributed by atoms with Crippen LogP contribution in [-0.2, 0) is 0 Å². The Morgan fingerprint density at radius 3 is 2.33 bits per heavy atom. The minimum absolute atomic E-state index is 0.446. The third-order valence-corrected chi connectivity index (χ3v) is 5.13. The summed E-state index contributed by atoms with van der Waals surface area (Å²) in [7, 11) is 0. The molecule has 0 heterocycles. The van der Waals surface area contributed by atoms with Crippen LogP contribution in [0, 0.1) is 5.92 Å². The van der Waals surface area contributed by atoms with E-state index >= 15 is 0 Å². The maximum Gasteiger partial charge on any atom is 0.0159 e. The van der Waals surface area contributed by atoms with Crippen LogP contribution in [-0.4, -0.2) is 17.0 Å². The first-order valence-electron chi connectivity index (χ1n) is 6.61. The highest BCUT2D eigenvalue weighted by molar-refractivity contribution is 7.99. The lowest BCUT2D eigenvalue weighted by Gasteiger charge is -2.23. The molecule has 0 aromatic heterocycles. The summed E-state index contributed by atoms with van der Waals surface area (Å²) in [5.41, 5.74) is 6.30. The molecule has 0 bridgehead atoms. The standard InChI is InChI=1S/C13H27NS/c1-3-11(2)15-10-13(14)12-8-6-4-5-7-9-12/h11-13H,3-10,14H2,1-2H3. The lowest BCUT2D eigenvalue weighted by Crippen LogP contribution is -2.32. The SMILES string of the molecule is CCC(C)SCC(N)C1CCCCCC1. The predicted octanol–water partition coefficient (Wildman–Crippen LogP) is 3.82. The summed E-state index contributed by atoms with van der Waals surface area (Å²) >= 11 is 2.06. The molecule has 1 saturated carbocycles. The van der Waals surface area contributed by atoms with E-state index in [0.29, 0.717) is 6.04 Å². The first-order chi connectivity index (χ1) is 7.24. The van der Waals surface area contributed by atoms with Crippen molar-refractivity contribution in [2.75, 3.05) is 5.75 Å². The molecule has 0 aromatic carbocycles. The number of hydrogen-bond donors (Lipinski definition) is 1. The molecular formula is C13H27NS. The van der Waals surface area contributed by atoms with Crippen LogP contribution in [0.25, 0.3) is 0 Å². The topological polar surface area (TPSA) is 26.0 Å². The second kappa shape index (κ2) is 7.56. The predicted molar refractivity (Wildman–Crippen MR) is 71.4 cm³/mol. The van der Waals surface area contributed by atoms with Gasteiger partial charge < -0.3 is 5.73 Å². The molecule has 1 aliphatic carbocycles. The number of thioether (sulfide) groups is 1. The Bertz CT molecular complexity index is 153. The van der Waals surface area contributed by atoms with Crippen molar-refractivity contribution in [2.24, 2.45) is 11.7 Å². The molecule has 1 nitrogen and oxygen atoms in total. The molecule has 2 N–H and O–H groups in total. The average molecular weight is 229 g/mol. The van der Waals surface area contributed by atoms with Crippen LogP contribution in [0.5, 0.6) is 0 Å². The van der Waals surface area contributed by atoms with Gasteiger partial charge in [-0.2, -0.15) is 11.8 Å². The molecule has 0 saturated heterocycles. The second-order valence-corrected chi connectivity index (χ2v) is 6.44. The van der Waals surface area contributed by atoms with Gasteiger partial charge in [0.05, 0.1) is 0 Å². The van der Waals surface area contributed by atoms with Crippen LogP contribution in [0.2, 0.25) is 0 Å². The van der Waals surface area contributed by atoms with Crippen LogP contribution in [0.1, 0.15) is 58.8 Å². The molecule has 0 spiro atoms. The molecule has 1 aliphatic rings. The van der Waals surface area contributed by atoms with Crippen molar-refractivity contribution in [3.63, 3.8) is 0 Å². The van der Waals surface area contributed by atoms with Crippen molar-refractivity contribution in [1.29, 1.82) is 0 Å². The van der Waals surface area contributed by atoms with Gasteiger partial charge >= 0.3 is 0 Å². The zero-order chi connectivity index (χ0) is 11.1. The minimum Gasteiger partial charge on any atom is -0.327 e. The molecule has 15 heavy (non-hydrogen) atoms. The highest BCUT2D eigenvalue weighted by atomic mass is 32.2. The van der Waals surface area contributed by atoms with Gasteiger partial charge in [-0.15, -0.1) is 0 Å². The third-order valence-electron chi connectivity index (χ3n) is 3.65. The van der Waals surface area contributed by atoms with Crippen molar-refractivity contribution in [2.45, 2.75) is 70.1 Å². The Labute approximate surface area is 99.6 Å². The first kappa shape index (κ1) is 13.4. The van der Waals surface area contributed by atoms with Crippen molar-refractivity contribution < 1.29 is 0 Å². The fraction of sp³-hybridized carbons (Fsp3) is 1.00. The summed E-state index contributed by atoms with van der Waals surface area (Å²) in [4.78, 5) is 0. The van der Waals surface area contributed by atoms with Crippen LogP contribution in [0.3, 0.4) is 0 Å². The van der Waals surface area contributed by atoms with Crippen molar-refractivity contribution in [3.05, 3.63) is 0 Å². The summed E-state index contributed by atoms with van der Waals surface area (Å²) in [6.45, 7) is 4.57. The summed E-state index contributed by atoms with van der Waals surface area (Å²) in [6, 6.07) is 0.446. The fourth-order valence-electron chi connectivity index (χ4n) is 2.27. The van der Waals surface area contributed by atoms with E-state index in [1.165, 1.54) is 50.7 Å². The summed E-state index contributed by atoms with van der Waals surface area (Å²) in [6.07, 6.45) is 9.70. The third kappa shape index (κ3) is 5.26. The summed E-state index contributed by atoms with van der Waals surface area (Å²) in [5, 5.41) is 0.779. The molecule has 0 aromatic rings. The minimum atomic E-state index is 0.446. The number of hydrogen-bond acceptors (Lipinski definition) is 2. The first-order valence-corrected chi connectivity index (χ1v) is 7.66. The monoisotopic (exact) mass is 229 g/mol. The van der Waals surface area contributed by atoms with E-state index in [2.05, 4.69) is 25.6 Å². The number of nitrogens with two attached hydrogens (primary N) is 1. The Hall–Kier alpha value is 0.310. The summed E-state index contributed by atoms with van der Waals surface area (Å²) in [5.74, 6) is 1.98. The smallest absolute Gasteiger partial charge is 0.0159 e. The van der Waals surface area contributed by atoms with Gasteiger partial charge in [-0.25, -0.2) is 0 Å². The number of rotatable bonds is 5. The van der Waals surface area contributed by atoms with Crippen LogP contribution >= 0.6 is 11.8 Å². The van der Waals surface area contributed by atoms with Gasteiger partial charge in [-0.3, -0.25) is 0 Å². The van der Waals surface area contributed by atoms with Gasteiger partial charge in [-0.1, -0.05) is 39.5 Å². The second-order valence-electron chi connectivity index (χ2n) is 4.97. The Morgan fingerprint density at radius 2 is 1.80 bits per heavy atom. The van der Waals surface area contributed by atoms with Gasteiger partial charge in [0.25, 0.3) is 0 Å². The van der Waals surface area contributed by atoms with Crippen LogP contribution in [0.15, 0.2) is 0 Å². The van der Waals surface area contributed by atoms with E-state index in [-0.39, 0.29) is 0 Å². The van der Waals surface area contributed by atoms with E-state index in [1.54, 1.807) is 0 Å². The highest BCUT2D eigenvalue weighted by Crippen LogP contribution is 2.27. The zero-order valence-electron chi connectivity index (χ0n) is 10.4. The van der Waals surface area contributed by atoms with E-state index in [1.807, 2.05) is 0 Å². The van der Waals surface area contributed by atoms with E-state index in [9.17, 15) is 0 Å². The molecule has 2 heteroatoms. The quantitative estimate of drug-likeness (QED) is 0.725. The van der Waals surface area contributed by atoms with E-state index in [0.717, 1.165) is 11.2 Å². The molecule has 2 atom stereocenters. The lowest BCUT2D eigenvalue weighted by atomic mass is 9.94. The van der Waals surface area contributed by atoms with Crippen molar-refractivity contribution in [1.82, 2.24) is 0 Å². The van der Waals surface area contributed by atoms with E-state index in [4.69, 9.17) is 5.73 Å². The van der Waals surface area contributed by atoms with Gasteiger partial charge in [0.15, 0.2) is 0 Å². The van der Waals surface area contributed by atoms with Gasteiger partial charge in [0.1, 0.15) is 0 Å². The summed E-state index contributed by atoms with van der Waals surface area (Å²) < 4.78 is 0. The van der Waals surface area contributed by atoms with Crippen LogP contribution < -0.4 is 5.73 Å². The molecule has 0 aliphatic heterocycles. The van der Waals surface area contributed by atoms with Gasteiger partial charge in [0.2, 0.25) is 0 Å². The molecule has 90 valence electrons. The molecule has 1 fully saturated rings. The maximum atomic E-state index is 6.30. The zero-order valence-corrected chi connectivity index (χ0v) is 11.2. The highest BCUT2D eigenvalue weighted by Gasteiger charge is 2.19. The molecule has 2 unspecified atom stereocenters. The van der Waals surface area contributed by atoms with Crippen molar-refractivity contribution in [3.8, 4) is 0 Å². The van der Waals surface area contributed by atoms with Crippen molar-refractivity contribution >= 4 is 11.8 Å². The maximum absolute atomic E-state index is 6.30. The fourth-order valence-corrected chi connectivity index (χ4v) is 3.33. The van der Waals surface area contributed by atoms with E-state index < -0.39 is 0 Å². The molecular weight excluding hydrogens is 202 g/mol. The Morgan fingerprint density at radius 1 is 1.20 bits per heavy atom. The molecule has 1 rings (SSSR count). The Balaban J connectivity index is 2.22.